The van der Waals surface area contributed by atoms with Crippen molar-refractivity contribution in [2.24, 2.45) is 5.92 Å². The zero-order valence-corrected chi connectivity index (χ0v) is 19.4. The number of amides is 1. The normalized spacial score (nSPS) is 15.5. The van der Waals surface area contributed by atoms with Crippen LogP contribution in [-0.4, -0.2) is 48.6 Å². The minimum Gasteiger partial charge on any atom is -0.475 e. The van der Waals surface area contributed by atoms with Crippen LogP contribution in [0.1, 0.15) is 49.5 Å². The Balaban J connectivity index is 1.56. The molecular formula is C23H29N3O5S. The van der Waals surface area contributed by atoms with E-state index in [0.29, 0.717) is 30.8 Å². The van der Waals surface area contributed by atoms with Gasteiger partial charge in [-0.25, -0.2) is 13.4 Å². The molecule has 0 saturated carbocycles. The molecule has 1 amide bonds. The maximum atomic E-state index is 12.9. The molecule has 1 N–H and O–H groups in total. The van der Waals surface area contributed by atoms with Gasteiger partial charge in [-0.15, -0.1) is 0 Å². The van der Waals surface area contributed by atoms with Gasteiger partial charge < -0.3 is 10.1 Å². The number of rotatable bonds is 8. The second kappa shape index (κ2) is 10.2. The molecule has 0 atom stereocenters. The smallest absolute Gasteiger partial charge is 0.243 e. The summed E-state index contributed by atoms with van der Waals surface area (Å²) in [4.78, 5) is 28.4. The van der Waals surface area contributed by atoms with Crippen molar-refractivity contribution in [3.05, 3.63) is 53.7 Å². The van der Waals surface area contributed by atoms with E-state index in [0.717, 1.165) is 5.56 Å². The molecule has 9 heteroatoms. The van der Waals surface area contributed by atoms with Crippen molar-refractivity contribution in [3.63, 3.8) is 0 Å². The largest absolute Gasteiger partial charge is 0.475 e. The molecule has 0 radical (unpaired) electrons. The Bertz CT molecular complexity index is 1060. The molecule has 1 fully saturated rings. The predicted octanol–water partition coefficient (Wildman–Crippen LogP) is 2.79. The Labute approximate surface area is 189 Å². The lowest BCUT2D eigenvalue weighted by Gasteiger charge is -2.30. The molecule has 2 heterocycles. The van der Waals surface area contributed by atoms with Crippen molar-refractivity contribution in [2.45, 2.75) is 51.2 Å². The molecule has 0 aliphatic carbocycles. The number of nitrogens with one attached hydrogen (secondary N) is 1. The van der Waals surface area contributed by atoms with E-state index in [-0.39, 0.29) is 41.7 Å². The summed E-state index contributed by atoms with van der Waals surface area (Å²) in [5, 5.41) is 2.93. The lowest BCUT2D eigenvalue weighted by Crippen LogP contribution is -2.42. The van der Waals surface area contributed by atoms with Crippen LogP contribution in [0.3, 0.4) is 0 Å². The molecule has 32 heavy (non-hydrogen) atoms. The van der Waals surface area contributed by atoms with E-state index in [1.807, 2.05) is 19.9 Å². The number of hydrogen-bond donors (Lipinski definition) is 1. The van der Waals surface area contributed by atoms with E-state index in [4.69, 9.17) is 4.74 Å². The Morgan fingerprint density at radius 1 is 1.16 bits per heavy atom. The second-order valence-electron chi connectivity index (χ2n) is 8.11. The van der Waals surface area contributed by atoms with Crippen molar-refractivity contribution in [2.75, 3.05) is 13.1 Å². The van der Waals surface area contributed by atoms with Gasteiger partial charge in [0.2, 0.25) is 21.8 Å². The van der Waals surface area contributed by atoms with Gasteiger partial charge in [0.1, 0.15) is 0 Å². The van der Waals surface area contributed by atoms with E-state index < -0.39 is 10.0 Å². The van der Waals surface area contributed by atoms with Crippen molar-refractivity contribution in [1.82, 2.24) is 14.6 Å². The highest BCUT2D eigenvalue weighted by atomic mass is 32.2. The van der Waals surface area contributed by atoms with Crippen LogP contribution in [0.5, 0.6) is 5.88 Å². The van der Waals surface area contributed by atoms with Gasteiger partial charge in [0, 0.05) is 42.9 Å². The number of hydrogen-bond acceptors (Lipinski definition) is 6. The van der Waals surface area contributed by atoms with Crippen LogP contribution in [0.4, 0.5) is 0 Å². The number of Topliss-reactive ketones (excluding diaryl/α,β-unsaturated/α-hetero) is 1. The summed E-state index contributed by atoms with van der Waals surface area (Å²) < 4.78 is 32.9. The molecule has 1 saturated heterocycles. The summed E-state index contributed by atoms with van der Waals surface area (Å²) in [5.74, 6) is 0.0225. The number of benzene rings is 1. The fourth-order valence-corrected chi connectivity index (χ4v) is 5.05. The van der Waals surface area contributed by atoms with Gasteiger partial charge >= 0.3 is 0 Å². The van der Waals surface area contributed by atoms with Crippen LogP contribution >= 0.6 is 0 Å². The number of carbonyl (C=O) groups is 2. The molecule has 0 unspecified atom stereocenters. The average molecular weight is 460 g/mol. The molecule has 0 bridgehead atoms. The lowest BCUT2D eigenvalue weighted by molar-refractivity contribution is -0.126. The van der Waals surface area contributed by atoms with Crippen molar-refractivity contribution >= 4 is 21.7 Å². The third kappa shape index (κ3) is 5.72. The van der Waals surface area contributed by atoms with Crippen LogP contribution in [0.15, 0.2) is 47.5 Å². The van der Waals surface area contributed by atoms with Gasteiger partial charge in [0.25, 0.3) is 0 Å². The highest BCUT2D eigenvalue weighted by Gasteiger charge is 2.32. The van der Waals surface area contributed by atoms with E-state index in [2.05, 4.69) is 10.3 Å². The molecule has 1 aliphatic rings. The molecule has 172 valence electrons. The van der Waals surface area contributed by atoms with E-state index in [1.165, 1.54) is 35.5 Å². The molecule has 1 aromatic heterocycles. The van der Waals surface area contributed by atoms with E-state index >= 15 is 0 Å². The Morgan fingerprint density at radius 3 is 2.41 bits per heavy atom. The summed E-state index contributed by atoms with van der Waals surface area (Å²) in [5.41, 5.74) is 1.26. The van der Waals surface area contributed by atoms with Gasteiger partial charge in [-0.2, -0.15) is 4.31 Å². The summed E-state index contributed by atoms with van der Waals surface area (Å²) >= 11 is 0. The van der Waals surface area contributed by atoms with Crippen LogP contribution < -0.4 is 10.1 Å². The number of sulfonamides is 1. The summed E-state index contributed by atoms with van der Waals surface area (Å²) in [6.45, 7) is 6.10. The lowest BCUT2D eigenvalue weighted by atomic mass is 9.97. The number of aromatic nitrogens is 1. The highest BCUT2D eigenvalue weighted by molar-refractivity contribution is 7.89. The third-order valence-electron chi connectivity index (χ3n) is 5.37. The molecule has 0 spiro atoms. The summed E-state index contributed by atoms with van der Waals surface area (Å²) in [7, 11) is -3.66. The third-order valence-corrected chi connectivity index (χ3v) is 7.29. The fraction of sp³-hybridized carbons (Fsp3) is 0.435. The first-order valence-electron chi connectivity index (χ1n) is 10.7. The summed E-state index contributed by atoms with van der Waals surface area (Å²) in [6.07, 6.45) is 2.51. The molecule has 1 aliphatic heterocycles. The first-order chi connectivity index (χ1) is 15.2. The van der Waals surface area contributed by atoms with Gasteiger partial charge in [-0.05, 0) is 51.8 Å². The highest BCUT2D eigenvalue weighted by Crippen LogP contribution is 2.25. The molecule has 2 aromatic rings. The Hall–Kier alpha value is -2.78. The number of piperidine rings is 1. The van der Waals surface area contributed by atoms with Crippen LogP contribution in [0, 0.1) is 5.92 Å². The number of carbonyl (C=O) groups excluding carboxylic acids is 2. The topological polar surface area (TPSA) is 106 Å². The van der Waals surface area contributed by atoms with Crippen molar-refractivity contribution < 1.29 is 22.7 Å². The number of ether oxygens (including phenoxy) is 1. The Morgan fingerprint density at radius 2 is 1.81 bits per heavy atom. The molecule has 3 rings (SSSR count). The predicted molar refractivity (Wildman–Crippen MR) is 120 cm³/mol. The fourth-order valence-electron chi connectivity index (χ4n) is 3.58. The van der Waals surface area contributed by atoms with E-state index in [9.17, 15) is 18.0 Å². The van der Waals surface area contributed by atoms with Gasteiger partial charge in [-0.3, -0.25) is 9.59 Å². The molecule has 8 nitrogen and oxygen atoms in total. The van der Waals surface area contributed by atoms with Crippen molar-refractivity contribution in [1.29, 1.82) is 0 Å². The maximum Gasteiger partial charge on any atom is 0.243 e. The first kappa shape index (κ1) is 23.9. The minimum absolute atomic E-state index is 0.0238. The standard InChI is InChI=1S/C23H29N3O5S/c1-16(2)31-23-20(5-4-12-24-23)15-25-22(28)19-10-13-26(14-11-19)32(29,30)21-8-6-18(7-9-21)17(3)27/h4-9,12,16,19H,10-11,13-15H2,1-3H3,(H,25,28). The van der Waals surface area contributed by atoms with Crippen LogP contribution in [-0.2, 0) is 21.4 Å². The minimum atomic E-state index is -3.66. The monoisotopic (exact) mass is 459 g/mol. The zero-order valence-electron chi connectivity index (χ0n) is 18.6. The number of ketones is 1. The number of pyridine rings is 1. The zero-order chi connectivity index (χ0) is 23.3. The van der Waals surface area contributed by atoms with Crippen molar-refractivity contribution in [3.8, 4) is 5.88 Å². The SMILES string of the molecule is CC(=O)c1ccc(S(=O)(=O)N2CCC(C(=O)NCc3cccnc3OC(C)C)CC2)cc1. The maximum absolute atomic E-state index is 12.9. The van der Waals surface area contributed by atoms with E-state index in [1.54, 1.807) is 12.3 Å². The molecule has 1 aromatic carbocycles. The Kier molecular flexibility index (Phi) is 7.63. The first-order valence-corrected chi connectivity index (χ1v) is 12.1. The quantitative estimate of drug-likeness (QED) is 0.609. The van der Waals surface area contributed by atoms with Gasteiger partial charge in [0.15, 0.2) is 5.78 Å². The number of nitrogens with zero attached hydrogens (tertiary/aromatic N) is 2. The van der Waals surface area contributed by atoms with Gasteiger partial charge in [-0.1, -0.05) is 18.2 Å². The van der Waals surface area contributed by atoms with Crippen LogP contribution in [0.2, 0.25) is 0 Å². The van der Waals surface area contributed by atoms with Crippen LogP contribution in [0.25, 0.3) is 0 Å². The second-order valence-corrected chi connectivity index (χ2v) is 10.0. The summed E-state index contributed by atoms with van der Waals surface area (Å²) in [6, 6.07) is 9.60. The average Bonchev–Trinajstić information content (AvgIpc) is 2.78. The molecular weight excluding hydrogens is 430 g/mol. The van der Waals surface area contributed by atoms with Gasteiger partial charge in [0.05, 0.1) is 11.0 Å².